The third-order valence-electron chi connectivity index (χ3n) is 4.30. The fourth-order valence-electron chi connectivity index (χ4n) is 3.02. The van der Waals surface area contributed by atoms with Crippen LogP contribution in [-0.2, 0) is 9.53 Å². The quantitative estimate of drug-likeness (QED) is 0.814. The van der Waals surface area contributed by atoms with Crippen molar-refractivity contribution in [3.05, 3.63) is 35.4 Å². The van der Waals surface area contributed by atoms with Crippen molar-refractivity contribution in [3.8, 4) is 0 Å². The van der Waals surface area contributed by atoms with Gasteiger partial charge >= 0.3 is 6.09 Å². The Morgan fingerprint density at radius 3 is 2.65 bits per heavy atom. The lowest BCUT2D eigenvalue weighted by atomic mass is 10.0. The predicted octanol–water partition coefficient (Wildman–Crippen LogP) is 1.07. The number of rotatable bonds is 5. The molecule has 1 aromatic rings. The largest absolute Gasteiger partial charge is 0.442 e. The van der Waals surface area contributed by atoms with Gasteiger partial charge in [0.25, 0.3) is 0 Å². The summed E-state index contributed by atoms with van der Waals surface area (Å²) in [5.74, 6) is -1.84. The molecule has 140 valence electrons. The number of amides is 2. The summed E-state index contributed by atoms with van der Waals surface area (Å²) in [6.07, 6.45) is 0.344. The van der Waals surface area contributed by atoms with Crippen LogP contribution in [0.5, 0.6) is 0 Å². The molecule has 1 atom stereocenters. The summed E-state index contributed by atoms with van der Waals surface area (Å²) >= 11 is 0. The summed E-state index contributed by atoms with van der Waals surface area (Å²) < 4.78 is 34.2. The van der Waals surface area contributed by atoms with Gasteiger partial charge in [0.1, 0.15) is 17.7 Å². The van der Waals surface area contributed by atoms with Crippen LogP contribution >= 0.6 is 0 Å². The van der Waals surface area contributed by atoms with Crippen molar-refractivity contribution < 1.29 is 28.2 Å². The zero-order valence-electron chi connectivity index (χ0n) is 14.2. The molecule has 2 N–H and O–H groups in total. The van der Waals surface area contributed by atoms with E-state index >= 15 is 0 Å². The molecular weight excluding hydrogens is 348 g/mol. The van der Waals surface area contributed by atoms with E-state index in [-0.39, 0.29) is 43.5 Å². The molecule has 2 amide bonds. The van der Waals surface area contributed by atoms with E-state index in [9.17, 15) is 18.4 Å². The van der Waals surface area contributed by atoms with E-state index in [4.69, 9.17) is 9.84 Å². The van der Waals surface area contributed by atoms with Gasteiger partial charge < -0.3 is 15.2 Å². The number of aliphatic hydroxyl groups is 1. The Bertz CT molecular complexity index is 745. The Morgan fingerprint density at radius 1 is 1.38 bits per heavy atom. The minimum atomic E-state index is -0.788. The second kappa shape index (κ2) is 7.38. The average Bonchev–Trinajstić information content (AvgIpc) is 3.19. The topological polar surface area (TPSA) is 82.1 Å². The molecule has 1 saturated heterocycles. The van der Waals surface area contributed by atoms with Gasteiger partial charge in [0.05, 0.1) is 31.1 Å². The SMILES string of the molecule is CC(=O)NC[C@H]1CN(c2cc(F)c(C3=CCN(CO)C3)c(F)c2)C(=O)O1. The van der Waals surface area contributed by atoms with Gasteiger partial charge in [-0.25, -0.2) is 13.6 Å². The fraction of sp³-hybridized carbons (Fsp3) is 0.412. The summed E-state index contributed by atoms with van der Waals surface area (Å²) in [7, 11) is 0. The van der Waals surface area contributed by atoms with Crippen LogP contribution in [0.2, 0.25) is 0 Å². The first-order valence-corrected chi connectivity index (χ1v) is 8.13. The zero-order valence-corrected chi connectivity index (χ0v) is 14.2. The van der Waals surface area contributed by atoms with Crippen LogP contribution in [0.15, 0.2) is 18.2 Å². The molecule has 9 heteroatoms. The summed E-state index contributed by atoms with van der Waals surface area (Å²) in [4.78, 5) is 25.7. The first-order chi connectivity index (χ1) is 12.4. The number of aliphatic hydroxyl groups excluding tert-OH is 1. The lowest BCUT2D eigenvalue weighted by molar-refractivity contribution is -0.119. The number of cyclic esters (lactones) is 1. The maximum absolute atomic E-state index is 14.5. The molecule has 26 heavy (non-hydrogen) atoms. The van der Waals surface area contributed by atoms with Crippen LogP contribution < -0.4 is 10.2 Å². The Hall–Kier alpha value is -2.52. The number of carbonyl (C=O) groups excluding carboxylic acids is 2. The maximum Gasteiger partial charge on any atom is 0.414 e. The van der Waals surface area contributed by atoms with E-state index < -0.39 is 23.8 Å². The van der Waals surface area contributed by atoms with Gasteiger partial charge in [-0.15, -0.1) is 0 Å². The summed E-state index contributed by atoms with van der Waals surface area (Å²) in [6, 6.07) is 2.17. The van der Waals surface area contributed by atoms with Crippen LogP contribution in [0.1, 0.15) is 12.5 Å². The number of hydrogen-bond acceptors (Lipinski definition) is 5. The highest BCUT2D eigenvalue weighted by molar-refractivity contribution is 5.90. The second-order valence-electron chi connectivity index (χ2n) is 6.22. The summed E-state index contributed by atoms with van der Waals surface area (Å²) in [6.45, 7) is 2.01. The number of ether oxygens (including phenoxy) is 1. The first kappa shape index (κ1) is 18.3. The Labute approximate surface area is 148 Å². The Morgan fingerprint density at radius 2 is 2.08 bits per heavy atom. The zero-order chi connectivity index (χ0) is 18.8. The first-order valence-electron chi connectivity index (χ1n) is 8.13. The van der Waals surface area contributed by atoms with Crippen LogP contribution in [0.25, 0.3) is 5.57 Å². The molecule has 0 saturated carbocycles. The van der Waals surface area contributed by atoms with E-state index in [1.807, 2.05) is 0 Å². The van der Waals surface area contributed by atoms with Gasteiger partial charge in [-0.05, 0) is 17.7 Å². The molecule has 2 aliphatic heterocycles. The van der Waals surface area contributed by atoms with Crippen molar-refractivity contribution in [2.75, 3.05) is 37.8 Å². The van der Waals surface area contributed by atoms with Gasteiger partial charge in [0.2, 0.25) is 5.91 Å². The van der Waals surface area contributed by atoms with Crippen molar-refractivity contribution in [2.45, 2.75) is 13.0 Å². The Balaban J connectivity index is 1.78. The van der Waals surface area contributed by atoms with Crippen LogP contribution in [0.3, 0.4) is 0 Å². The van der Waals surface area contributed by atoms with Crippen LogP contribution in [0, 0.1) is 11.6 Å². The fourth-order valence-corrected chi connectivity index (χ4v) is 3.02. The molecule has 2 heterocycles. The highest BCUT2D eigenvalue weighted by atomic mass is 19.1. The minimum absolute atomic E-state index is 0.0525. The lowest BCUT2D eigenvalue weighted by Crippen LogP contribution is -2.33. The molecule has 0 aromatic heterocycles. The number of nitrogens with one attached hydrogen (secondary N) is 1. The number of benzene rings is 1. The smallest absolute Gasteiger partial charge is 0.414 e. The maximum atomic E-state index is 14.5. The van der Waals surface area contributed by atoms with Gasteiger partial charge in [0, 0.05) is 20.0 Å². The van der Waals surface area contributed by atoms with Crippen molar-refractivity contribution >= 4 is 23.3 Å². The molecule has 3 rings (SSSR count). The van der Waals surface area contributed by atoms with E-state index in [0.29, 0.717) is 12.1 Å². The van der Waals surface area contributed by atoms with Gasteiger partial charge in [-0.3, -0.25) is 14.6 Å². The molecule has 1 fully saturated rings. The van der Waals surface area contributed by atoms with Crippen molar-refractivity contribution in [1.29, 1.82) is 0 Å². The standard InChI is InChI=1S/C17H19F2N3O4/c1-10(24)20-6-13-8-22(17(25)26-13)12-4-14(18)16(15(19)5-12)11-2-3-21(7-11)9-23/h2,4-5,13,23H,3,6-9H2,1H3,(H,20,24)/t13-/m0/s1. The monoisotopic (exact) mass is 367 g/mol. The lowest BCUT2D eigenvalue weighted by Gasteiger charge is -2.16. The van der Waals surface area contributed by atoms with Gasteiger partial charge in [-0.1, -0.05) is 6.08 Å². The second-order valence-corrected chi connectivity index (χ2v) is 6.22. The Kier molecular flexibility index (Phi) is 5.19. The molecule has 1 aromatic carbocycles. The molecule has 0 aliphatic carbocycles. The minimum Gasteiger partial charge on any atom is -0.442 e. The molecule has 0 unspecified atom stereocenters. The predicted molar refractivity (Wildman–Crippen MR) is 89.3 cm³/mol. The van der Waals surface area contributed by atoms with E-state index in [1.54, 1.807) is 11.0 Å². The summed E-state index contributed by atoms with van der Waals surface area (Å²) in [5.41, 5.74) is 0.344. The third kappa shape index (κ3) is 3.68. The molecular formula is C17H19F2N3O4. The molecule has 7 nitrogen and oxygen atoms in total. The number of halogens is 2. The summed E-state index contributed by atoms with van der Waals surface area (Å²) in [5, 5.41) is 11.6. The number of carbonyl (C=O) groups is 2. The highest BCUT2D eigenvalue weighted by Gasteiger charge is 2.33. The number of hydrogen-bond donors (Lipinski definition) is 2. The normalized spacial score (nSPS) is 20.3. The molecule has 0 radical (unpaired) electrons. The van der Waals surface area contributed by atoms with E-state index in [1.165, 1.54) is 6.92 Å². The van der Waals surface area contributed by atoms with Gasteiger partial charge in [-0.2, -0.15) is 0 Å². The van der Waals surface area contributed by atoms with Crippen molar-refractivity contribution in [3.63, 3.8) is 0 Å². The van der Waals surface area contributed by atoms with Crippen LogP contribution in [0.4, 0.5) is 19.3 Å². The number of nitrogens with zero attached hydrogens (tertiary/aromatic N) is 2. The van der Waals surface area contributed by atoms with Gasteiger partial charge in [0.15, 0.2) is 0 Å². The average molecular weight is 367 g/mol. The van der Waals surface area contributed by atoms with E-state index in [2.05, 4.69) is 5.32 Å². The molecule has 0 bridgehead atoms. The van der Waals surface area contributed by atoms with Crippen molar-refractivity contribution in [1.82, 2.24) is 10.2 Å². The third-order valence-corrected chi connectivity index (χ3v) is 4.30. The number of anilines is 1. The van der Waals surface area contributed by atoms with Crippen molar-refractivity contribution in [2.24, 2.45) is 0 Å². The highest BCUT2D eigenvalue weighted by Crippen LogP contribution is 2.31. The van der Waals surface area contributed by atoms with Crippen LogP contribution in [-0.4, -0.2) is 61.0 Å². The van der Waals surface area contributed by atoms with E-state index in [0.717, 1.165) is 17.0 Å². The molecule has 2 aliphatic rings. The molecule has 0 spiro atoms.